The van der Waals surface area contributed by atoms with Gasteiger partial charge in [0.05, 0.1) is 6.54 Å². The number of nitrogens with zero attached hydrogens (tertiary/aromatic N) is 2. The van der Waals surface area contributed by atoms with E-state index in [0.717, 1.165) is 11.3 Å². The van der Waals surface area contributed by atoms with Gasteiger partial charge in [0, 0.05) is 31.4 Å². The second kappa shape index (κ2) is 12.6. The molecule has 8 heteroatoms. The Labute approximate surface area is 192 Å². The maximum Gasteiger partial charge on any atom is 0.224 e. The molecular formula is C22H24FIN4O2. The second-order valence-corrected chi connectivity index (χ2v) is 6.04. The van der Waals surface area contributed by atoms with E-state index in [9.17, 15) is 4.39 Å². The Morgan fingerprint density at radius 2 is 1.80 bits per heavy atom. The fourth-order valence-corrected chi connectivity index (χ4v) is 2.55. The molecule has 30 heavy (non-hydrogen) atoms. The Balaban J connectivity index is 0.00000320. The predicted molar refractivity (Wildman–Crippen MR) is 126 cm³/mol. The fraction of sp³-hybridized carbons (Fsp3) is 0.182. The average Bonchev–Trinajstić information content (AvgIpc) is 2.75. The highest BCUT2D eigenvalue weighted by Gasteiger charge is 2.08. The van der Waals surface area contributed by atoms with Gasteiger partial charge in [-0.25, -0.2) is 9.37 Å². The number of aliphatic imine (C=N–C) groups is 1. The van der Waals surface area contributed by atoms with Gasteiger partial charge in [0.25, 0.3) is 0 Å². The Kier molecular flexibility index (Phi) is 9.85. The van der Waals surface area contributed by atoms with Crippen molar-refractivity contribution < 1.29 is 13.9 Å². The molecule has 0 saturated carbocycles. The summed E-state index contributed by atoms with van der Waals surface area (Å²) in [5, 5.41) is 6.40. The smallest absolute Gasteiger partial charge is 0.224 e. The number of benzene rings is 2. The van der Waals surface area contributed by atoms with Crippen LogP contribution in [0.4, 0.5) is 4.39 Å². The van der Waals surface area contributed by atoms with Crippen molar-refractivity contribution in [2.24, 2.45) is 4.99 Å². The normalized spacial score (nSPS) is 10.7. The van der Waals surface area contributed by atoms with E-state index >= 15 is 0 Å². The van der Waals surface area contributed by atoms with E-state index in [-0.39, 0.29) is 29.8 Å². The number of rotatable bonds is 8. The van der Waals surface area contributed by atoms with Crippen LogP contribution in [0, 0.1) is 5.82 Å². The monoisotopic (exact) mass is 522 g/mol. The molecule has 0 aliphatic heterocycles. The molecule has 2 N–H and O–H groups in total. The van der Waals surface area contributed by atoms with Gasteiger partial charge in [-0.15, -0.1) is 24.0 Å². The maximum atomic E-state index is 13.4. The van der Waals surface area contributed by atoms with Crippen molar-refractivity contribution >= 4 is 29.9 Å². The van der Waals surface area contributed by atoms with Crippen LogP contribution in [-0.2, 0) is 6.54 Å². The molecule has 0 bridgehead atoms. The van der Waals surface area contributed by atoms with Crippen molar-refractivity contribution in [3.8, 4) is 17.4 Å². The van der Waals surface area contributed by atoms with Crippen LogP contribution in [0.2, 0.25) is 0 Å². The molecule has 3 aromatic rings. The zero-order chi connectivity index (χ0) is 20.3. The van der Waals surface area contributed by atoms with E-state index in [2.05, 4.69) is 20.6 Å². The van der Waals surface area contributed by atoms with Gasteiger partial charge in [-0.2, -0.15) is 0 Å². The summed E-state index contributed by atoms with van der Waals surface area (Å²) >= 11 is 0. The fourth-order valence-electron chi connectivity index (χ4n) is 2.55. The average molecular weight is 522 g/mol. The Morgan fingerprint density at radius 1 is 1.00 bits per heavy atom. The number of para-hydroxylation sites is 1. The number of nitrogens with one attached hydrogen (secondary N) is 2. The molecule has 0 saturated heterocycles. The van der Waals surface area contributed by atoms with Crippen molar-refractivity contribution in [3.05, 3.63) is 84.3 Å². The summed E-state index contributed by atoms with van der Waals surface area (Å²) in [6.45, 7) is 1.54. The number of ether oxygens (including phenoxy) is 2. The lowest BCUT2D eigenvalue weighted by Crippen LogP contribution is -2.38. The molecule has 0 fully saturated rings. The van der Waals surface area contributed by atoms with Crippen LogP contribution in [0.5, 0.6) is 17.4 Å². The highest BCUT2D eigenvalue weighted by atomic mass is 127. The third-order valence-electron chi connectivity index (χ3n) is 3.94. The summed E-state index contributed by atoms with van der Waals surface area (Å²) < 4.78 is 24.8. The first-order chi connectivity index (χ1) is 14.2. The summed E-state index contributed by atoms with van der Waals surface area (Å²) in [5.41, 5.74) is 0.820. The van der Waals surface area contributed by atoms with Gasteiger partial charge in [-0.05, 0) is 30.3 Å². The van der Waals surface area contributed by atoms with E-state index in [1.54, 1.807) is 25.4 Å². The van der Waals surface area contributed by atoms with E-state index < -0.39 is 0 Å². The summed E-state index contributed by atoms with van der Waals surface area (Å²) in [6.07, 6.45) is 1.63. The minimum absolute atomic E-state index is 0. The van der Waals surface area contributed by atoms with E-state index in [1.165, 1.54) is 12.1 Å². The molecule has 0 unspecified atom stereocenters. The third-order valence-corrected chi connectivity index (χ3v) is 3.94. The van der Waals surface area contributed by atoms with Gasteiger partial charge in [0.15, 0.2) is 5.96 Å². The van der Waals surface area contributed by atoms with Crippen molar-refractivity contribution in [1.82, 2.24) is 15.6 Å². The molecule has 158 valence electrons. The van der Waals surface area contributed by atoms with Crippen molar-refractivity contribution in [2.75, 3.05) is 20.2 Å². The Bertz CT molecular complexity index is 941. The van der Waals surface area contributed by atoms with E-state index in [4.69, 9.17) is 9.47 Å². The number of hydrogen-bond acceptors (Lipinski definition) is 4. The third kappa shape index (κ3) is 7.51. The van der Waals surface area contributed by atoms with Gasteiger partial charge < -0.3 is 20.1 Å². The van der Waals surface area contributed by atoms with Crippen LogP contribution in [0.3, 0.4) is 0 Å². The minimum atomic E-state index is -0.361. The van der Waals surface area contributed by atoms with Crippen molar-refractivity contribution in [3.63, 3.8) is 0 Å². The Morgan fingerprint density at radius 3 is 2.57 bits per heavy atom. The lowest BCUT2D eigenvalue weighted by atomic mass is 10.2. The molecule has 0 radical (unpaired) electrons. The topological polar surface area (TPSA) is 67.8 Å². The zero-order valence-corrected chi connectivity index (χ0v) is 18.9. The number of pyridine rings is 1. The van der Waals surface area contributed by atoms with Gasteiger partial charge in [-0.1, -0.05) is 30.3 Å². The molecule has 0 amide bonds. The minimum Gasteiger partial charge on any atom is -0.492 e. The lowest BCUT2D eigenvalue weighted by Gasteiger charge is -2.14. The highest BCUT2D eigenvalue weighted by molar-refractivity contribution is 14.0. The molecule has 6 nitrogen and oxygen atoms in total. The van der Waals surface area contributed by atoms with E-state index in [0.29, 0.717) is 37.3 Å². The van der Waals surface area contributed by atoms with Crippen LogP contribution in [-0.4, -0.2) is 31.1 Å². The molecule has 0 aliphatic rings. The molecule has 1 heterocycles. The molecule has 0 aliphatic carbocycles. The lowest BCUT2D eigenvalue weighted by molar-refractivity contribution is 0.322. The standard InChI is InChI=1S/C22H23FN4O2.HI/c1-24-22(26-13-14-28-19-9-3-2-4-10-19)27-16-17-7-6-12-25-21(17)29-20-11-5-8-18(23)15-20;/h2-12,15H,13-14,16H2,1H3,(H2,24,26,27);1H. The van der Waals surface area contributed by atoms with Gasteiger partial charge in [0.2, 0.25) is 5.88 Å². The molecule has 3 rings (SSSR count). The van der Waals surface area contributed by atoms with Crippen LogP contribution >= 0.6 is 24.0 Å². The van der Waals surface area contributed by atoms with Crippen LogP contribution < -0.4 is 20.1 Å². The van der Waals surface area contributed by atoms with Crippen LogP contribution in [0.15, 0.2) is 77.9 Å². The summed E-state index contributed by atoms with van der Waals surface area (Å²) in [4.78, 5) is 8.45. The first-order valence-corrected chi connectivity index (χ1v) is 9.24. The molecule has 0 spiro atoms. The number of guanidine groups is 1. The van der Waals surface area contributed by atoms with Crippen LogP contribution in [0.1, 0.15) is 5.56 Å². The molecule has 0 atom stereocenters. The number of halogens is 2. The van der Waals surface area contributed by atoms with Crippen molar-refractivity contribution in [2.45, 2.75) is 6.54 Å². The molecular weight excluding hydrogens is 498 g/mol. The summed E-state index contributed by atoms with van der Waals surface area (Å²) in [7, 11) is 1.70. The summed E-state index contributed by atoms with van der Waals surface area (Å²) in [6, 6.07) is 19.3. The SMILES string of the molecule is CN=C(NCCOc1ccccc1)NCc1cccnc1Oc1cccc(F)c1.I. The predicted octanol–water partition coefficient (Wildman–Crippen LogP) is 4.38. The number of hydrogen-bond donors (Lipinski definition) is 2. The molecule has 1 aromatic heterocycles. The first-order valence-electron chi connectivity index (χ1n) is 9.24. The van der Waals surface area contributed by atoms with Crippen molar-refractivity contribution in [1.29, 1.82) is 0 Å². The zero-order valence-electron chi connectivity index (χ0n) is 16.5. The number of aromatic nitrogens is 1. The van der Waals surface area contributed by atoms with Crippen LogP contribution in [0.25, 0.3) is 0 Å². The molecule has 2 aromatic carbocycles. The maximum absolute atomic E-state index is 13.4. The first kappa shape index (κ1) is 23.4. The van der Waals surface area contributed by atoms with Gasteiger partial charge in [-0.3, -0.25) is 4.99 Å². The largest absolute Gasteiger partial charge is 0.492 e. The van der Waals surface area contributed by atoms with E-state index in [1.807, 2.05) is 42.5 Å². The Hall–Kier alpha value is -2.88. The van der Waals surface area contributed by atoms with Gasteiger partial charge in [0.1, 0.15) is 23.9 Å². The quantitative estimate of drug-likeness (QED) is 0.199. The second-order valence-electron chi connectivity index (χ2n) is 6.04. The summed E-state index contributed by atoms with van der Waals surface area (Å²) in [5.74, 6) is 1.90. The van der Waals surface area contributed by atoms with Gasteiger partial charge >= 0.3 is 0 Å². The highest BCUT2D eigenvalue weighted by Crippen LogP contribution is 2.23.